The fourth-order valence-corrected chi connectivity index (χ4v) is 2.28. The van der Waals surface area contributed by atoms with Crippen LogP contribution in [0.4, 0.5) is 11.4 Å². The second kappa shape index (κ2) is 7.35. The van der Waals surface area contributed by atoms with Gasteiger partial charge in [-0.3, -0.25) is 14.9 Å². The van der Waals surface area contributed by atoms with Gasteiger partial charge in [-0.05, 0) is 36.1 Å². The van der Waals surface area contributed by atoms with Crippen LogP contribution in [0.5, 0.6) is 0 Å². The average Bonchev–Trinajstić information content (AvgIpc) is 2.55. The Hall–Kier alpha value is -2.95. The predicted molar refractivity (Wildman–Crippen MR) is 91.3 cm³/mol. The molecule has 5 heteroatoms. The van der Waals surface area contributed by atoms with E-state index in [0.717, 1.165) is 23.2 Å². The third-order valence-electron chi connectivity index (χ3n) is 3.50. The topological polar surface area (TPSA) is 72.2 Å². The normalized spacial score (nSPS) is 10.7. The number of amides is 1. The second-order valence-corrected chi connectivity index (χ2v) is 5.14. The molecule has 0 saturated heterocycles. The molecule has 0 heterocycles. The van der Waals surface area contributed by atoms with E-state index in [1.165, 1.54) is 18.2 Å². The highest BCUT2D eigenvalue weighted by Crippen LogP contribution is 2.21. The Morgan fingerprint density at radius 2 is 2.00 bits per heavy atom. The molecule has 2 rings (SSSR count). The van der Waals surface area contributed by atoms with Crippen molar-refractivity contribution in [1.29, 1.82) is 0 Å². The zero-order chi connectivity index (χ0) is 16.8. The number of nitrogens with one attached hydrogen (secondary N) is 1. The van der Waals surface area contributed by atoms with Crippen LogP contribution in [0, 0.1) is 17.0 Å². The molecule has 0 radical (unpaired) electrons. The van der Waals surface area contributed by atoms with E-state index >= 15 is 0 Å². The number of non-ortho nitro benzene ring substituents is 1. The molecule has 0 atom stereocenters. The van der Waals surface area contributed by atoms with E-state index in [4.69, 9.17) is 0 Å². The maximum Gasteiger partial charge on any atom is 0.270 e. The van der Waals surface area contributed by atoms with Crippen LogP contribution in [0.3, 0.4) is 0 Å². The average molecular weight is 310 g/mol. The van der Waals surface area contributed by atoms with E-state index in [9.17, 15) is 14.9 Å². The number of carbonyl (C=O) groups excluding carboxylic acids is 1. The van der Waals surface area contributed by atoms with Gasteiger partial charge in [0.15, 0.2) is 0 Å². The first kappa shape index (κ1) is 16.4. The fourth-order valence-electron chi connectivity index (χ4n) is 2.28. The first-order valence-electron chi connectivity index (χ1n) is 7.33. The van der Waals surface area contributed by atoms with Crippen molar-refractivity contribution in [2.45, 2.75) is 20.3 Å². The van der Waals surface area contributed by atoms with Gasteiger partial charge >= 0.3 is 0 Å². The molecule has 2 aromatic carbocycles. The lowest BCUT2D eigenvalue weighted by Crippen LogP contribution is -2.11. The highest BCUT2D eigenvalue weighted by Gasteiger charge is 2.07. The number of nitro benzene ring substituents is 1. The first-order valence-corrected chi connectivity index (χ1v) is 7.33. The van der Waals surface area contributed by atoms with Crippen LogP contribution >= 0.6 is 0 Å². The van der Waals surface area contributed by atoms with Gasteiger partial charge in [0.2, 0.25) is 5.91 Å². The molecule has 1 N–H and O–H groups in total. The third kappa shape index (κ3) is 4.26. The van der Waals surface area contributed by atoms with Crippen LogP contribution in [0.2, 0.25) is 0 Å². The molecule has 0 saturated carbocycles. The molecule has 0 unspecified atom stereocenters. The minimum Gasteiger partial charge on any atom is -0.322 e. The number of hydrogen-bond donors (Lipinski definition) is 1. The summed E-state index contributed by atoms with van der Waals surface area (Å²) in [5.41, 5.74) is 3.50. The van der Waals surface area contributed by atoms with Gasteiger partial charge in [0.05, 0.1) is 4.92 Å². The molecule has 5 nitrogen and oxygen atoms in total. The number of nitrogens with zero attached hydrogens (tertiary/aromatic N) is 1. The van der Waals surface area contributed by atoms with Crippen molar-refractivity contribution in [2.24, 2.45) is 0 Å². The number of nitro groups is 1. The zero-order valence-corrected chi connectivity index (χ0v) is 13.1. The number of rotatable bonds is 5. The molecular weight excluding hydrogens is 292 g/mol. The Labute approximate surface area is 134 Å². The largest absolute Gasteiger partial charge is 0.322 e. The number of para-hydroxylation sites is 1. The van der Waals surface area contributed by atoms with Crippen molar-refractivity contribution in [1.82, 2.24) is 0 Å². The molecule has 0 aliphatic heterocycles. The summed E-state index contributed by atoms with van der Waals surface area (Å²) in [6, 6.07) is 12.0. The maximum absolute atomic E-state index is 12.1. The molecule has 0 aliphatic rings. The quantitative estimate of drug-likeness (QED) is 0.513. The van der Waals surface area contributed by atoms with Crippen molar-refractivity contribution in [3.05, 3.63) is 75.3 Å². The summed E-state index contributed by atoms with van der Waals surface area (Å²) in [5.74, 6) is -0.263. The molecule has 1 amide bonds. The Bertz CT molecular complexity index is 767. The summed E-state index contributed by atoms with van der Waals surface area (Å²) in [4.78, 5) is 22.4. The lowest BCUT2D eigenvalue weighted by Gasteiger charge is -2.11. The molecule has 0 fully saturated rings. The van der Waals surface area contributed by atoms with Gasteiger partial charge in [0.1, 0.15) is 0 Å². The van der Waals surface area contributed by atoms with Gasteiger partial charge in [0, 0.05) is 23.9 Å². The van der Waals surface area contributed by atoms with Crippen molar-refractivity contribution in [2.75, 3.05) is 5.32 Å². The van der Waals surface area contributed by atoms with Crippen LogP contribution < -0.4 is 5.32 Å². The van der Waals surface area contributed by atoms with Gasteiger partial charge in [-0.2, -0.15) is 0 Å². The third-order valence-corrected chi connectivity index (χ3v) is 3.50. The van der Waals surface area contributed by atoms with Crippen LogP contribution in [0.15, 0.2) is 48.5 Å². The van der Waals surface area contributed by atoms with Gasteiger partial charge in [-0.15, -0.1) is 0 Å². The highest BCUT2D eigenvalue weighted by molar-refractivity contribution is 6.02. The minimum atomic E-state index is -0.460. The lowest BCUT2D eigenvalue weighted by atomic mass is 10.1. The smallest absolute Gasteiger partial charge is 0.270 e. The maximum atomic E-state index is 12.1. The number of carbonyl (C=O) groups is 1. The van der Waals surface area contributed by atoms with Crippen molar-refractivity contribution in [3.63, 3.8) is 0 Å². The van der Waals surface area contributed by atoms with Crippen molar-refractivity contribution in [3.8, 4) is 0 Å². The van der Waals surface area contributed by atoms with E-state index < -0.39 is 4.92 Å². The Morgan fingerprint density at radius 3 is 2.70 bits per heavy atom. The van der Waals surface area contributed by atoms with Crippen LogP contribution in [0.25, 0.3) is 6.08 Å². The molecule has 0 spiro atoms. The monoisotopic (exact) mass is 310 g/mol. The number of hydrogen-bond acceptors (Lipinski definition) is 3. The summed E-state index contributed by atoms with van der Waals surface area (Å²) in [7, 11) is 0. The van der Waals surface area contributed by atoms with E-state index in [-0.39, 0.29) is 11.6 Å². The number of aryl methyl sites for hydroxylation is 2. The molecule has 0 bridgehead atoms. The standard InChI is InChI=1S/C18H18N2O3/c1-3-15-8-4-6-13(2)18(15)19-17(21)11-10-14-7-5-9-16(12-14)20(22)23/h4-12H,3H2,1-2H3,(H,19,21)/b11-10+. The van der Waals surface area contributed by atoms with E-state index in [1.54, 1.807) is 18.2 Å². The Morgan fingerprint density at radius 1 is 1.26 bits per heavy atom. The van der Waals surface area contributed by atoms with Gasteiger partial charge in [-0.25, -0.2) is 0 Å². The molecule has 118 valence electrons. The second-order valence-electron chi connectivity index (χ2n) is 5.14. The van der Waals surface area contributed by atoms with Gasteiger partial charge in [-0.1, -0.05) is 37.3 Å². The SMILES string of the molecule is CCc1cccc(C)c1NC(=O)/C=C/c1cccc([N+](=O)[O-])c1. The summed E-state index contributed by atoms with van der Waals surface area (Å²) in [6.45, 7) is 3.97. The van der Waals surface area contributed by atoms with Crippen molar-refractivity contribution < 1.29 is 9.72 Å². The number of benzene rings is 2. The summed E-state index contributed by atoms with van der Waals surface area (Å²) < 4.78 is 0. The predicted octanol–water partition coefficient (Wildman–Crippen LogP) is 4.12. The highest BCUT2D eigenvalue weighted by atomic mass is 16.6. The van der Waals surface area contributed by atoms with Crippen LogP contribution in [-0.4, -0.2) is 10.8 Å². The minimum absolute atomic E-state index is 0.000249. The number of anilines is 1. The molecular formula is C18H18N2O3. The Kier molecular flexibility index (Phi) is 5.25. The summed E-state index contributed by atoms with van der Waals surface area (Å²) >= 11 is 0. The van der Waals surface area contributed by atoms with E-state index in [1.807, 2.05) is 32.0 Å². The van der Waals surface area contributed by atoms with Crippen LogP contribution in [0.1, 0.15) is 23.6 Å². The fraction of sp³-hybridized carbons (Fsp3) is 0.167. The van der Waals surface area contributed by atoms with Crippen LogP contribution in [-0.2, 0) is 11.2 Å². The van der Waals surface area contributed by atoms with E-state index in [0.29, 0.717) is 5.56 Å². The van der Waals surface area contributed by atoms with Crippen molar-refractivity contribution >= 4 is 23.4 Å². The molecule has 0 aliphatic carbocycles. The first-order chi connectivity index (χ1) is 11.0. The zero-order valence-electron chi connectivity index (χ0n) is 13.1. The lowest BCUT2D eigenvalue weighted by molar-refractivity contribution is -0.384. The summed E-state index contributed by atoms with van der Waals surface area (Å²) in [6.07, 6.45) is 3.77. The molecule has 2 aromatic rings. The molecule has 23 heavy (non-hydrogen) atoms. The van der Waals surface area contributed by atoms with E-state index in [2.05, 4.69) is 5.32 Å². The van der Waals surface area contributed by atoms with Gasteiger partial charge in [0.25, 0.3) is 5.69 Å². The molecule has 0 aromatic heterocycles. The Balaban J connectivity index is 2.14. The van der Waals surface area contributed by atoms with Gasteiger partial charge < -0.3 is 5.32 Å². The summed E-state index contributed by atoms with van der Waals surface area (Å²) in [5, 5.41) is 13.6.